The second-order valence-electron chi connectivity index (χ2n) is 6.28. The van der Waals surface area contributed by atoms with E-state index in [0.717, 1.165) is 12.1 Å². The number of halogens is 2. The number of H-pyrrole nitrogens is 1. The topological polar surface area (TPSA) is 112 Å². The lowest BCUT2D eigenvalue weighted by Gasteiger charge is -2.14. The van der Waals surface area contributed by atoms with Gasteiger partial charge in [0.1, 0.15) is 11.9 Å². The lowest BCUT2D eigenvalue weighted by Crippen LogP contribution is -2.31. The van der Waals surface area contributed by atoms with Crippen LogP contribution in [0.3, 0.4) is 0 Å². The molecule has 0 spiro atoms. The summed E-state index contributed by atoms with van der Waals surface area (Å²) in [4.78, 5) is 35.2. The number of hydrogen-bond acceptors (Lipinski definition) is 5. The van der Waals surface area contributed by atoms with Crippen LogP contribution >= 0.6 is 0 Å². The van der Waals surface area contributed by atoms with Gasteiger partial charge in [-0.3, -0.25) is 9.59 Å². The number of aromatic amines is 1. The average Bonchev–Trinajstić information content (AvgIpc) is 2.67. The standard InChI is InChI=1S/C19H15F2N5O2/c1-9-12-3-14(20)15(21)5-16(12)26-19(28)13(9)4-17(27)25-10(2)18-23-7-11(6-22)8-24-18/h3,5,7-8,10H,4H2,1-2H3,(H,25,27)(H,26,28)/t10-/m0/s1. The van der Waals surface area contributed by atoms with E-state index in [4.69, 9.17) is 5.26 Å². The lowest BCUT2D eigenvalue weighted by atomic mass is 10.0. The molecule has 1 aromatic carbocycles. The second-order valence-corrected chi connectivity index (χ2v) is 6.28. The number of amides is 1. The van der Waals surface area contributed by atoms with Gasteiger partial charge in [-0.2, -0.15) is 5.26 Å². The minimum Gasteiger partial charge on any atom is -0.346 e. The predicted octanol–water partition coefficient (Wildman–Crippen LogP) is 2.20. The minimum atomic E-state index is -1.07. The van der Waals surface area contributed by atoms with Gasteiger partial charge < -0.3 is 10.3 Å². The Morgan fingerprint density at radius 3 is 2.57 bits per heavy atom. The molecule has 0 bridgehead atoms. The second kappa shape index (κ2) is 7.52. The monoisotopic (exact) mass is 383 g/mol. The van der Waals surface area contributed by atoms with Crippen LogP contribution in [0.15, 0.2) is 29.3 Å². The molecule has 0 aliphatic carbocycles. The number of aromatic nitrogens is 3. The van der Waals surface area contributed by atoms with E-state index >= 15 is 0 Å². The molecular weight excluding hydrogens is 368 g/mol. The summed E-state index contributed by atoms with van der Waals surface area (Å²) in [6, 6.07) is 3.25. The number of benzene rings is 1. The zero-order chi connectivity index (χ0) is 20.4. The van der Waals surface area contributed by atoms with E-state index in [0.29, 0.717) is 22.3 Å². The van der Waals surface area contributed by atoms with Crippen LogP contribution in [0.4, 0.5) is 8.78 Å². The molecule has 0 fully saturated rings. The molecule has 3 rings (SSSR count). The number of nitrogens with one attached hydrogen (secondary N) is 2. The van der Waals surface area contributed by atoms with Crippen molar-refractivity contribution in [2.45, 2.75) is 26.3 Å². The van der Waals surface area contributed by atoms with Gasteiger partial charge in [-0.25, -0.2) is 18.7 Å². The van der Waals surface area contributed by atoms with Gasteiger partial charge in [-0.05, 0) is 25.5 Å². The highest BCUT2D eigenvalue weighted by molar-refractivity contribution is 5.86. The molecule has 2 heterocycles. The Kier molecular flexibility index (Phi) is 5.13. The summed E-state index contributed by atoms with van der Waals surface area (Å²) in [5.74, 6) is -2.25. The summed E-state index contributed by atoms with van der Waals surface area (Å²) >= 11 is 0. The fourth-order valence-electron chi connectivity index (χ4n) is 2.84. The van der Waals surface area contributed by atoms with Gasteiger partial charge in [-0.1, -0.05) is 0 Å². The molecule has 1 atom stereocenters. The molecule has 2 N–H and O–H groups in total. The number of nitrogens with zero attached hydrogens (tertiary/aromatic N) is 3. The number of carbonyl (C=O) groups is 1. The van der Waals surface area contributed by atoms with Crippen LogP contribution < -0.4 is 10.9 Å². The van der Waals surface area contributed by atoms with Gasteiger partial charge in [0.05, 0.1) is 23.5 Å². The highest BCUT2D eigenvalue weighted by Crippen LogP contribution is 2.21. The third-order valence-corrected chi connectivity index (χ3v) is 4.34. The fourth-order valence-corrected chi connectivity index (χ4v) is 2.84. The molecule has 0 aliphatic heterocycles. The molecule has 3 aromatic rings. The van der Waals surface area contributed by atoms with Crippen molar-refractivity contribution < 1.29 is 13.6 Å². The zero-order valence-corrected chi connectivity index (χ0v) is 15.0. The van der Waals surface area contributed by atoms with E-state index in [9.17, 15) is 18.4 Å². The van der Waals surface area contributed by atoms with Gasteiger partial charge in [0.15, 0.2) is 11.6 Å². The predicted molar refractivity (Wildman–Crippen MR) is 96.2 cm³/mol. The maximum atomic E-state index is 13.6. The first-order valence-electron chi connectivity index (χ1n) is 8.32. The number of hydrogen-bond donors (Lipinski definition) is 2. The van der Waals surface area contributed by atoms with Crippen LogP contribution in [0, 0.1) is 29.9 Å². The van der Waals surface area contributed by atoms with Crippen molar-refractivity contribution in [1.29, 1.82) is 5.26 Å². The van der Waals surface area contributed by atoms with Gasteiger partial charge in [-0.15, -0.1) is 0 Å². The Hall–Kier alpha value is -3.67. The Labute approximate surface area is 158 Å². The van der Waals surface area contributed by atoms with Gasteiger partial charge in [0, 0.05) is 29.4 Å². The van der Waals surface area contributed by atoms with Crippen LogP contribution in [0.25, 0.3) is 10.9 Å². The van der Waals surface area contributed by atoms with Gasteiger partial charge >= 0.3 is 0 Å². The fraction of sp³-hybridized carbons (Fsp3) is 0.211. The van der Waals surface area contributed by atoms with E-state index in [2.05, 4.69) is 20.3 Å². The van der Waals surface area contributed by atoms with Crippen LogP contribution in [-0.2, 0) is 11.2 Å². The molecule has 9 heteroatoms. The number of carbonyl (C=O) groups excluding carboxylic acids is 1. The summed E-state index contributed by atoms with van der Waals surface area (Å²) in [6.07, 6.45) is 2.43. The third kappa shape index (κ3) is 3.71. The van der Waals surface area contributed by atoms with E-state index in [1.807, 2.05) is 6.07 Å². The lowest BCUT2D eigenvalue weighted by molar-refractivity contribution is -0.121. The Morgan fingerprint density at radius 2 is 1.93 bits per heavy atom. The maximum absolute atomic E-state index is 13.6. The number of nitriles is 1. The van der Waals surface area contributed by atoms with Crippen molar-refractivity contribution in [1.82, 2.24) is 20.3 Å². The summed E-state index contributed by atoms with van der Waals surface area (Å²) in [6.45, 7) is 3.24. The average molecular weight is 383 g/mol. The number of rotatable bonds is 4. The molecule has 0 aliphatic rings. The Balaban J connectivity index is 1.83. The summed E-state index contributed by atoms with van der Waals surface area (Å²) in [5.41, 5.74) is 0.460. The molecule has 0 radical (unpaired) electrons. The molecule has 28 heavy (non-hydrogen) atoms. The van der Waals surface area contributed by atoms with Gasteiger partial charge in [0.25, 0.3) is 5.56 Å². The molecule has 0 unspecified atom stereocenters. The maximum Gasteiger partial charge on any atom is 0.252 e. The molecule has 7 nitrogen and oxygen atoms in total. The van der Waals surface area contributed by atoms with Crippen LogP contribution in [0.5, 0.6) is 0 Å². The third-order valence-electron chi connectivity index (χ3n) is 4.34. The molecule has 2 aromatic heterocycles. The Morgan fingerprint density at radius 1 is 1.29 bits per heavy atom. The van der Waals surface area contributed by atoms with Gasteiger partial charge in [0.2, 0.25) is 5.91 Å². The smallest absolute Gasteiger partial charge is 0.252 e. The largest absolute Gasteiger partial charge is 0.346 e. The van der Waals surface area contributed by atoms with Crippen molar-refractivity contribution in [3.05, 3.63) is 69.0 Å². The zero-order valence-electron chi connectivity index (χ0n) is 15.0. The summed E-state index contributed by atoms with van der Waals surface area (Å²) in [7, 11) is 0. The quantitative estimate of drug-likeness (QED) is 0.717. The number of fused-ring (bicyclic) bond motifs is 1. The first kappa shape index (κ1) is 19.1. The first-order chi connectivity index (χ1) is 13.3. The van der Waals surface area contributed by atoms with E-state index < -0.39 is 29.1 Å². The SMILES string of the molecule is Cc1c(CC(=O)N[C@@H](C)c2ncc(C#N)cn2)c(=O)[nH]c2cc(F)c(F)cc12. The molecule has 0 saturated heterocycles. The van der Waals surface area contributed by atoms with Crippen LogP contribution in [0.1, 0.15) is 35.5 Å². The molecule has 1 amide bonds. The van der Waals surface area contributed by atoms with Crippen molar-refractivity contribution in [2.75, 3.05) is 0 Å². The number of pyridine rings is 1. The molecular formula is C19H15F2N5O2. The molecule has 0 saturated carbocycles. The number of aryl methyl sites for hydroxylation is 1. The van der Waals surface area contributed by atoms with Crippen molar-refractivity contribution in [3.8, 4) is 6.07 Å². The van der Waals surface area contributed by atoms with Crippen LogP contribution in [0.2, 0.25) is 0 Å². The summed E-state index contributed by atoms with van der Waals surface area (Å²) in [5, 5.41) is 11.8. The van der Waals surface area contributed by atoms with Crippen LogP contribution in [-0.4, -0.2) is 20.9 Å². The Bertz CT molecular complexity index is 1170. The molecule has 142 valence electrons. The minimum absolute atomic E-state index is 0.156. The van der Waals surface area contributed by atoms with E-state index in [1.165, 1.54) is 12.4 Å². The van der Waals surface area contributed by atoms with E-state index in [1.54, 1.807) is 13.8 Å². The van der Waals surface area contributed by atoms with Crippen molar-refractivity contribution >= 4 is 16.8 Å². The van der Waals surface area contributed by atoms with Crippen molar-refractivity contribution in [2.24, 2.45) is 0 Å². The first-order valence-corrected chi connectivity index (χ1v) is 8.32. The highest BCUT2D eigenvalue weighted by Gasteiger charge is 2.18. The summed E-state index contributed by atoms with van der Waals surface area (Å²) < 4.78 is 26.9. The highest BCUT2D eigenvalue weighted by atomic mass is 19.2. The van der Waals surface area contributed by atoms with Crippen molar-refractivity contribution in [3.63, 3.8) is 0 Å². The van der Waals surface area contributed by atoms with E-state index in [-0.39, 0.29) is 17.5 Å². The normalized spacial score (nSPS) is 11.8.